The van der Waals surface area contributed by atoms with Crippen LogP contribution in [0.2, 0.25) is 0 Å². The highest BCUT2D eigenvalue weighted by molar-refractivity contribution is 7.11. The molecule has 0 aromatic carbocycles. The van der Waals surface area contributed by atoms with Crippen LogP contribution in [0, 0.1) is 12.3 Å². The van der Waals surface area contributed by atoms with Crippen LogP contribution in [0.3, 0.4) is 0 Å². The number of guanidine groups is 1. The van der Waals surface area contributed by atoms with E-state index in [-0.39, 0.29) is 0 Å². The van der Waals surface area contributed by atoms with Gasteiger partial charge in [-0.15, -0.1) is 11.3 Å². The molecule has 0 bridgehead atoms. The minimum atomic E-state index is 0.443. The van der Waals surface area contributed by atoms with Crippen molar-refractivity contribution in [2.45, 2.75) is 40.2 Å². The van der Waals surface area contributed by atoms with Crippen LogP contribution in [0.1, 0.15) is 36.6 Å². The lowest BCUT2D eigenvalue weighted by molar-refractivity contribution is 0.322. The SMILES string of the molecule is CCC1(C)CCN(C(=NC)NCc2cnc(C)s2)C1. The zero-order valence-electron chi connectivity index (χ0n) is 12.4. The zero-order valence-corrected chi connectivity index (χ0v) is 13.2. The second-order valence-corrected chi connectivity index (χ2v) is 6.90. The van der Waals surface area contributed by atoms with Crippen molar-refractivity contribution in [3.63, 3.8) is 0 Å². The second kappa shape index (κ2) is 5.90. The molecule has 1 aromatic rings. The summed E-state index contributed by atoms with van der Waals surface area (Å²) in [6, 6.07) is 0. The van der Waals surface area contributed by atoms with E-state index < -0.39 is 0 Å². The molecule has 0 spiro atoms. The third kappa shape index (κ3) is 3.47. The van der Waals surface area contributed by atoms with Gasteiger partial charge in [-0.2, -0.15) is 0 Å². The molecule has 4 nitrogen and oxygen atoms in total. The van der Waals surface area contributed by atoms with Crippen molar-refractivity contribution in [1.82, 2.24) is 15.2 Å². The highest BCUT2D eigenvalue weighted by Crippen LogP contribution is 2.32. The van der Waals surface area contributed by atoms with Gasteiger partial charge in [-0.25, -0.2) is 4.98 Å². The maximum Gasteiger partial charge on any atom is 0.193 e. The Morgan fingerprint density at radius 1 is 1.63 bits per heavy atom. The first kappa shape index (κ1) is 14.3. The minimum absolute atomic E-state index is 0.443. The Bertz CT molecular complexity index is 454. The monoisotopic (exact) mass is 280 g/mol. The Labute approximate surface area is 120 Å². The molecular formula is C14H24N4S. The number of thiazole rings is 1. The summed E-state index contributed by atoms with van der Waals surface area (Å²) >= 11 is 1.74. The quantitative estimate of drug-likeness (QED) is 0.683. The molecule has 0 amide bonds. The molecule has 1 aliphatic rings. The molecule has 0 aliphatic carbocycles. The van der Waals surface area contributed by atoms with Gasteiger partial charge in [0.25, 0.3) is 0 Å². The zero-order chi connectivity index (χ0) is 13.9. The van der Waals surface area contributed by atoms with E-state index in [2.05, 4.69) is 34.0 Å². The predicted molar refractivity (Wildman–Crippen MR) is 81.6 cm³/mol. The van der Waals surface area contributed by atoms with Crippen molar-refractivity contribution in [3.05, 3.63) is 16.1 Å². The van der Waals surface area contributed by atoms with Crippen LogP contribution in [0.5, 0.6) is 0 Å². The van der Waals surface area contributed by atoms with Crippen LogP contribution >= 0.6 is 11.3 Å². The number of aliphatic imine (C=N–C) groups is 1. The Hall–Kier alpha value is -1.10. The van der Waals surface area contributed by atoms with Gasteiger partial charge in [-0.1, -0.05) is 13.8 Å². The normalized spacial score (nSPS) is 24.0. The molecule has 2 rings (SSSR count). The first-order valence-electron chi connectivity index (χ1n) is 6.93. The second-order valence-electron chi connectivity index (χ2n) is 5.58. The van der Waals surface area contributed by atoms with E-state index >= 15 is 0 Å². The van der Waals surface area contributed by atoms with E-state index in [9.17, 15) is 0 Å². The number of hydrogen-bond donors (Lipinski definition) is 1. The molecule has 106 valence electrons. The maximum atomic E-state index is 4.41. The smallest absolute Gasteiger partial charge is 0.193 e. The number of aromatic nitrogens is 1. The maximum absolute atomic E-state index is 4.41. The van der Waals surface area contributed by atoms with Gasteiger partial charge in [-0.3, -0.25) is 4.99 Å². The minimum Gasteiger partial charge on any atom is -0.351 e. The highest BCUT2D eigenvalue weighted by Gasteiger charge is 2.33. The molecule has 1 N–H and O–H groups in total. The fraction of sp³-hybridized carbons (Fsp3) is 0.714. The topological polar surface area (TPSA) is 40.5 Å². The fourth-order valence-electron chi connectivity index (χ4n) is 2.48. The molecule has 19 heavy (non-hydrogen) atoms. The van der Waals surface area contributed by atoms with Crippen LogP contribution < -0.4 is 5.32 Å². The summed E-state index contributed by atoms with van der Waals surface area (Å²) in [5, 5.41) is 4.57. The first-order chi connectivity index (χ1) is 9.06. The van der Waals surface area contributed by atoms with E-state index in [0.29, 0.717) is 5.41 Å². The summed E-state index contributed by atoms with van der Waals surface area (Å²) < 4.78 is 0. The highest BCUT2D eigenvalue weighted by atomic mass is 32.1. The van der Waals surface area contributed by atoms with E-state index in [1.807, 2.05) is 20.2 Å². The average molecular weight is 280 g/mol. The third-order valence-electron chi connectivity index (χ3n) is 4.01. The van der Waals surface area contributed by atoms with Gasteiger partial charge in [0.05, 0.1) is 11.6 Å². The molecule has 0 radical (unpaired) electrons. The fourth-order valence-corrected chi connectivity index (χ4v) is 3.21. The van der Waals surface area contributed by atoms with Crippen LogP contribution in [-0.2, 0) is 6.54 Å². The number of nitrogens with one attached hydrogen (secondary N) is 1. The molecule has 1 fully saturated rings. The molecule has 1 atom stereocenters. The van der Waals surface area contributed by atoms with Crippen LogP contribution in [0.25, 0.3) is 0 Å². The number of rotatable bonds is 3. The Balaban J connectivity index is 1.91. The van der Waals surface area contributed by atoms with Gasteiger partial charge in [0.1, 0.15) is 0 Å². The largest absolute Gasteiger partial charge is 0.351 e. The third-order valence-corrected chi connectivity index (χ3v) is 4.93. The van der Waals surface area contributed by atoms with Gasteiger partial charge in [-0.05, 0) is 25.2 Å². The standard InChI is InChI=1S/C14H24N4S/c1-5-14(3)6-7-18(10-14)13(15-4)17-9-12-8-16-11(2)19-12/h8H,5-7,9-10H2,1-4H3,(H,15,17). The molecule has 1 unspecified atom stereocenters. The Kier molecular flexibility index (Phi) is 4.45. The van der Waals surface area contributed by atoms with Crippen molar-refractivity contribution in [3.8, 4) is 0 Å². The molecular weight excluding hydrogens is 256 g/mol. The average Bonchev–Trinajstić information content (AvgIpc) is 2.98. The molecule has 5 heteroatoms. The molecule has 1 aliphatic heterocycles. The van der Waals surface area contributed by atoms with Crippen molar-refractivity contribution >= 4 is 17.3 Å². The van der Waals surface area contributed by atoms with Gasteiger partial charge < -0.3 is 10.2 Å². The lowest BCUT2D eigenvalue weighted by atomic mass is 9.87. The summed E-state index contributed by atoms with van der Waals surface area (Å²) in [7, 11) is 1.86. The number of nitrogens with zero attached hydrogens (tertiary/aromatic N) is 3. The molecule has 1 aromatic heterocycles. The van der Waals surface area contributed by atoms with Crippen molar-refractivity contribution in [2.75, 3.05) is 20.1 Å². The van der Waals surface area contributed by atoms with Gasteiger partial charge in [0, 0.05) is 31.2 Å². The van der Waals surface area contributed by atoms with Gasteiger partial charge >= 0.3 is 0 Å². The Morgan fingerprint density at radius 3 is 2.95 bits per heavy atom. The lowest BCUT2D eigenvalue weighted by Gasteiger charge is -2.25. The first-order valence-corrected chi connectivity index (χ1v) is 7.75. The van der Waals surface area contributed by atoms with Crippen molar-refractivity contribution in [1.29, 1.82) is 0 Å². The van der Waals surface area contributed by atoms with E-state index in [4.69, 9.17) is 0 Å². The van der Waals surface area contributed by atoms with E-state index in [0.717, 1.165) is 30.6 Å². The van der Waals surface area contributed by atoms with Gasteiger partial charge in [0.15, 0.2) is 5.96 Å². The van der Waals surface area contributed by atoms with Crippen LogP contribution in [0.15, 0.2) is 11.2 Å². The molecule has 1 saturated heterocycles. The lowest BCUT2D eigenvalue weighted by Crippen LogP contribution is -2.40. The summed E-state index contributed by atoms with van der Waals surface area (Å²) in [5.41, 5.74) is 0.443. The van der Waals surface area contributed by atoms with Crippen LogP contribution in [-0.4, -0.2) is 36.0 Å². The van der Waals surface area contributed by atoms with Gasteiger partial charge in [0.2, 0.25) is 0 Å². The number of hydrogen-bond acceptors (Lipinski definition) is 3. The Morgan fingerprint density at radius 2 is 2.42 bits per heavy atom. The van der Waals surface area contributed by atoms with Crippen LogP contribution in [0.4, 0.5) is 0 Å². The number of likely N-dealkylation sites (tertiary alicyclic amines) is 1. The predicted octanol–water partition coefficient (Wildman–Crippen LogP) is 2.65. The molecule has 2 heterocycles. The number of aryl methyl sites for hydroxylation is 1. The summed E-state index contributed by atoms with van der Waals surface area (Å²) in [4.78, 5) is 12.3. The molecule has 0 saturated carbocycles. The summed E-state index contributed by atoms with van der Waals surface area (Å²) in [6.45, 7) is 9.71. The summed E-state index contributed by atoms with van der Waals surface area (Å²) in [5.74, 6) is 1.02. The van der Waals surface area contributed by atoms with Crippen molar-refractivity contribution < 1.29 is 0 Å². The van der Waals surface area contributed by atoms with E-state index in [1.165, 1.54) is 17.7 Å². The van der Waals surface area contributed by atoms with Crippen molar-refractivity contribution in [2.24, 2.45) is 10.4 Å². The van der Waals surface area contributed by atoms with E-state index in [1.54, 1.807) is 11.3 Å². The summed E-state index contributed by atoms with van der Waals surface area (Å²) in [6.07, 6.45) is 4.43.